The average molecular weight is 211 g/mol. The summed E-state index contributed by atoms with van der Waals surface area (Å²) in [6.07, 6.45) is 0. The summed E-state index contributed by atoms with van der Waals surface area (Å²) >= 11 is 1.57. The Labute approximate surface area is 87.6 Å². The first-order valence-electron chi connectivity index (χ1n) is 4.26. The Kier molecular flexibility index (Phi) is 4.49. The summed E-state index contributed by atoms with van der Waals surface area (Å²) in [4.78, 5) is 11.9. The minimum Gasteiger partial charge on any atom is -0.384 e. The fraction of sp³-hybridized carbons (Fsp3) is 0.300. The van der Waals surface area contributed by atoms with E-state index in [9.17, 15) is 4.79 Å². The van der Waals surface area contributed by atoms with E-state index in [0.29, 0.717) is 12.2 Å². The van der Waals surface area contributed by atoms with Crippen molar-refractivity contribution in [3.05, 3.63) is 29.8 Å². The van der Waals surface area contributed by atoms with Gasteiger partial charge in [-0.1, -0.05) is 12.1 Å². The van der Waals surface area contributed by atoms with Crippen LogP contribution in [0.2, 0.25) is 0 Å². The Morgan fingerprint density at radius 2 is 2.21 bits per heavy atom. The first-order valence-corrected chi connectivity index (χ1v) is 5.25. The van der Waals surface area contributed by atoms with E-state index >= 15 is 0 Å². The average Bonchev–Trinajstić information content (AvgIpc) is 2.19. The number of carbonyl (C=O) groups excluding carboxylic acids is 1. The van der Waals surface area contributed by atoms with Crippen molar-refractivity contribution in [2.75, 3.05) is 19.5 Å². The molecule has 0 aliphatic carbocycles. The van der Waals surface area contributed by atoms with Crippen molar-refractivity contribution < 1.29 is 9.53 Å². The third-order valence-corrected chi connectivity index (χ3v) is 2.74. The lowest BCUT2D eigenvalue weighted by molar-refractivity contribution is 0.0997. The van der Waals surface area contributed by atoms with Gasteiger partial charge in [0.25, 0.3) is 0 Å². The quantitative estimate of drug-likeness (QED) is 0.593. The maximum Gasteiger partial charge on any atom is 0.249 e. The van der Waals surface area contributed by atoms with Crippen LogP contribution >= 0.6 is 11.8 Å². The van der Waals surface area contributed by atoms with Gasteiger partial charge >= 0.3 is 0 Å². The second-order valence-electron chi connectivity index (χ2n) is 2.70. The van der Waals surface area contributed by atoms with Crippen LogP contribution in [0.3, 0.4) is 0 Å². The molecule has 1 amide bonds. The zero-order valence-electron chi connectivity index (χ0n) is 8.03. The van der Waals surface area contributed by atoms with Gasteiger partial charge in [-0.25, -0.2) is 0 Å². The topological polar surface area (TPSA) is 52.3 Å². The fourth-order valence-electron chi connectivity index (χ4n) is 1.03. The molecule has 0 spiro atoms. The molecule has 1 rings (SSSR count). The second kappa shape index (κ2) is 5.67. The number of benzene rings is 1. The molecule has 1 aromatic rings. The number of primary amides is 1. The van der Waals surface area contributed by atoms with E-state index in [2.05, 4.69) is 0 Å². The van der Waals surface area contributed by atoms with Gasteiger partial charge in [-0.2, -0.15) is 0 Å². The Hall–Kier alpha value is -1.00. The highest BCUT2D eigenvalue weighted by Crippen LogP contribution is 2.21. The van der Waals surface area contributed by atoms with E-state index in [1.807, 2.05) is 12.1 Å². The number of amides is 1. The standard InChI is InChI=1S/C10H13NO2S/c1-13-6-7-14-9-5-3-2-4-8(9)10(11)12/h2-5H,6-7H2,1H3,(H2,11,12). The van der Waals surface area contributed by atoms with Crippen molar-refractivity contribution in [3.63, 3.8) is 0 Å². The van der Waals surface area contributed by atoms with Gasteiger partial charge in [-0.05, 0) is 12.1 Å². The Morgan fingerprint density at radius 1 is 1.50 bits per heavy atom. The zero-order chi connectivity index (χ0) is 10.4. The first kappa shape index (κ1) is 11.1. The molecule has 0 aliphatic rings. The zero-order valence-corrected chi connectivity index (χ0v) is 8.84. The highest BCUT2D eigenvalue weighted by Gasteiger charge is 2.06. The van der Waals surface area contributed by atoms with Crippen molar-refractivity contribution in [1.82, 2.24) is 0 Å². The lowest BCUT2D eigenvalue weighted by atomic mass is 10.2. The third kappa shape index (κ3) is 3.05. The molecule has 0 unspecified atom stereocenters. The number of methoxy groups -OCH3 is 1. The summed E-state index contributed by atoms with van der Waals surface area (Å²) in [6, 6.07) is 7.32. The van der Waals surface area contributed by atoms with Crippen molar-refractivity contribution >= 4 is 17.7 Å². The van der Waals surface area contributed by atoms with E-state index in [4.69, 9.17) is 10.5 Å². The number of hydrogen-bond acceptors (Lipinski definition) is 3. The predicted octanol–water partition coefficient (Wildman–Crippen LogP) is 1.52. The number of nitrogens with two attached hydrogens (primary N) is 1. The second-order valence-corrected chi connectivity index (χ2v) is 3.84. The van der Waals surface area contributed by atoms with Gasteiger partial charge < -0.3 is 10.5 Å². The molecule has 4 heteroatoms. The molecule has 0 bridgehead atoms. The van der Waals surface area contributed by atoms with Gasteiger partial charge in [-0.3, -0.25) is 4.79 Å². The van der Waals surface area contributed by atoms with Crippen molar-refractivity contribution in [2.24, 2.45) is 5.73 Å². The van der Waals surface area contributed by atoms with Crippen molar-refractivity contribution in [3.8, 4) is 0 Å². The van der Waals surface area contributed by atoms with Crippen LogP contribution in [-0.2, 0) is 4.74 Å². The molecular formula is C10H13NO2S. The summed E-state index contributed by atoms with van der Waals surface area (Å²) in [5.74, 6) is 0.436. The molecule has 0 fully saturated rings. The van der Waals surface area contributed by atoms with Gasteiger partial charge in [-0.15, -0.1) is 11.8 Å². The highest BCUT2D eigenvalue weighted by atomic mass is 32.2. The molecule has 0 aliphatic heterocycles. The van der Waals surface area contributed by atoms with Crippen LogP contribution in [0.15, 0.2) is 29.2 Å². The Bertz CT molecular complexity index is 315. The summed E-state index contributed by atoms with van der Waals surface area (Å²) < 4.78 is 4.93. The van der Waals surface area contributed by atoms with E-state index in [1.54, 1.807) is 31.0 Å². The van der Waals surface area contributed by atoms with E-state index in [-0.39, 0.29) is 5.91 Å². The third-order valence-electron chi connectivity index (χ3n) is 1.70. The number of hydrogen-bond donors (Lipinski definition) is 1. The smallest absolute Gasteiger partial charge is 0.249 e. The molecular weight excluding hydrogens is 198 g/mol. The monoisotopic (exact) mass is 211 g/mol. The number of thioether (sulfide) groups is 1. The largest absolute Gasteiger partial charge is 0.384 e. The number of rotatable bonds is 5. The fourth-order valence-corrected chi connectivity index (χ4v) is 2.00. The molecule has 0 heterocycles. The van der Waals surface area contributed by atoms with Crippen molar-refractivity contribution in [1.29, 1.82) is 0 Å². The lowest BCUT2D eigenvalue weighted by Gasteiger charge is -2.04. The summed E-state index contributed by atoms with van der Waals surface area (Å²) in [7, 11) is 1.65. The van der Waals surface area contributed by atoms with E-state index in [0.717, 1.165) is 10.6 Å². The van der Waals surface area contributed by atoms with Gasteiger partial charge in [0.1, 0.15) is 0 Å². The molecule has 0 saturated heterocycles. The molecule has 14 heavy (non-hydrogen) atoms. The predicted molar refractivity (Wildman–Crippen MR) is 57.6 cm³/mol. The van der Waals surface area contributed by atoms with Crippen LogP contribution in [0, 0.1) is 0 Å². The molecule has 0 radical (unpaired) electrons. The minimum atomic E-state index is -0.384. The lowest BCUT2D eigenvalue weighted by Crippen LogP contribution is -2.12. The van der Waals surface area contributed by atoms with Gasteiger partial charge in [0, 0.05) is 17.8 Å². The maximum absolute atomic E-state index is 11.0. The van der Waals surface area contributed by atoms with Crippen LogP contribution in [0.25, 0.3) is 0 Å². The maximum atomic E-state index is 11.0. The van der Waals surface area contributed by atoms with E-state index in [1.165, 1.54) is 0 Å². The molecule has 3 nitrogen and oxygen atoms in total. The SMILES string of the molecule is COCCSc1ccccc1C(N)=O. The normalized spacial score (nSPS) is 10.1. The van der Waals surface area contributed by atoms with Crippen molar-refractivity contribution in [2.45, 2.75) is 4.90 Å². The summed E-state index contributed by atoms with van der Waals surface area (Å²) in [6.45, 7) is 0.664. The minimum absolute atomic E-state index is 0.384. The number of carbonyl (C=O) groups is 1. The van der Waals surface area contributed by atoms with E-state index < -0.39 is 0 Å². The first-order chi connectivity index (χ1) is 6.75. The van der Waals surface area contributed by atoms with Crippen LogP contribution < -0.4 is 5.73 Å². The Morgan fingerprint density at radius 3 is 2.86 bits per heavy atom. The van der Waals surface area contributed by atoms with Crippen LogP contribution in [0.1, 0.15) is 10.4 Å². The van der Waals surface area contributed by atoms with Gasteiger partial charge in [0.05, 0.1) is 12.2 Å². The van der Waals surface area contributed by atoms with Crippen LogP contribution in [0.5, 0.6) is 0 Å². The molecule has 2 N–H and O–H groups in total. The molecule has 0 aromatic heterocycles. The van der Waals surface area contributed by atoms with Crippen LogP contribution in [0.4, 0.5) is 0 Å². The van der Waals surface area contributed by atoms with Crippen LogP contribution in [-0.4, -0.2) is 25.4 Å². The molecule has 0 saturated carbocycles. The summed E-state index contributed by atoms with van der Waals surface area (Å²) in [5.41, 5.74) is 5.81. The Balaban J connectivity index is 2.69. The highest BCUT2D eigenvalue weighted by molar-refractivity contribution is 7.99. The summed E-state index contributed by atoms with van der Waals surface area (Å²) in [5, 5.41) is 0. The van der Waals surface area contributed by atoms with Gasteiger partial charge in [0.2, 0.25) is 5.91 Å². The van der Waals surface area contributed by atoms with Gasteiger partial charge in [0.15, 0.2) is 0 Å². The molecule has 1 aromatic carbocycles. The molecule has 0 atom stereocenters. The molecule has 76 valence electrons. The number of ether oxygens (including phenoxy) is 1.